The van der Waals surface area contributed by atoms with Crippen molar-refractivity contribution in [2.24, 2.45) is 5.73 Å². The number of nitrogens with zero attached hydrogens (tertiary/aromatic N) is 1. The molecule has 1 unspecified atom stereocenters. The number of halogens is 2. The van der Waals surface area contributed by atoms with Crippen LogP contribution in [0.15, 0.2) is 54.7 Å². The van der Waals surface area contributed by atoms with Crippen LogP contribution in [-0.4, -0.2) is 4.98 Å². The molecule has 0 aliphatic rings. The molecule has 1 aromatic heterocycles. The monoisotopic (exact) mass is 284 g/mol. The Morgan fingerprint density at radius 3 is 2.67 bits per heavy atom. The molecule has 2 nitrogen and oxygen atoms in total. The Morgan fingerprint density at radius 2 is 1.81 bits per heavy atom. The van der Waals surface area contributed by atoms with Gasteiger partial charge in [0.25, 0.3) is 0 Å². The number of pyridine rings is 1. The predicted molar refractivity (Wildman–Crippen MR) is 78.7 cm³/mol. The lowest BCUT2D eigenvalue weighted by molar-refractivity contribution is 0.494. The van der Waals surface area contributed by atoms with Crippen molar-refractivity contribution in [3.8, 4) is 0 Å². The second-order valence-electron chi connectivity index (χ2n) is 4.94. The Hall–Kier alpha value is -2.33. The molecular weight excluding hydrogens is 270 g/mol. The van der Waals surface area contributed by atoms with Gasteiger partial charge in [0.1, 0.15) is 0 Å². The topological polar surface area (TPSA) is 38.9 Å². The first kappa shape index (κ1) is 13.6. The third-order valence-corrected chi connectivity index (χ3v) is 3.55. The smallest absolute Gasteiger partial charge is 0.162 e. The van der Waals surface area contributed by atoms with Crippen molar-refractivity contribution in [1.82, 2.24) is 4.98 Å². The van der Waals surface area contributed by atoms with Gasteiger partial charge in [0.05, 0.1) is 5.52 Å². The van der Waals surface area contributed by atoms with Crippen LogP contribution in [-0.2, 0) is 6.42 Å². The van der Waals surface area contributed by atoms with Crippen LogP contribution in [0.25, 0.3) is 10.9 Å². The molecule has 0 spiro atoms. The predicted octanol–water partition coefficient (Wildman–Crippen LogP) is 3.76. The molecule has 1 atom stereocenters. The fourth-order valence-corrected chi connectivity index (χ4v) is 2.50. The number of hydrogen-bond acceptors (Lipinski definition) is 2. The standard InChI is InChI=1S/C17H14F2N2/c18-14-7-1-4-11(17(14)19)10-15(20)12-5-2-8-16-13(12)6-3-9-21-16/h1-9,15H,10,20H2. The quantitative estimate of drug-likeness (QED) is 0.795. The largest absolute Gasteiger partial charge is 0.324 e. The minimum atomic E-state index is -0.848. The van der Waals surface area contributed by atoms with Crippen LogP contribution < -0.4 is 5.73 Å². The Balaban J connectivity index is 1.97. The van der Waals surface area contributed by atoms with E-state index in [9.17, 15) is 8.78 Å². The summed E-state index contributed by atoms with van der Waals surface area (Å²) in [7, 11) is 0. The Bertz CT molecular complexity index is 781. The second kappa shape index (κ2) is 5.58. The van der Waals surface area contributed by atoms with E-state index in [1.807, 2.05) is 30.3 Å². The fraction of sp³-hybridized carbons (Fsp3) is 0.118. The van der Waals surface area contributed by atoms with Gasteiger partial charge in [0.2, 0.25) is 0 Å². The van der Waals surface area contributed by atoms with Crippen LogP contribution >= 0.6 is 0 Å². The van der Waals surface area contributed by atoms with Gasteiger partial charge in [-0.3, -0.25) is 4.98 Å². The van der Waals surface area contributed by atoms with E-state index in [1.165, 1.54) is 6.07 Å². The molecule has 21 heavy (non-hydrogen) atoms. The molecular formula is C17H14F2N2. The van der Waals surface area contributed by atoms with Gasteiger partial charge in [-0.25, -0.2) is 8.78 Å². The van der Waals surface area contributed by atoms with Crippen molar-refractivity contribution in [3.63, 3.8) is 0 Å². The molecule has 0 fully saturated rings. The molecule has 0 saturated carbocycles. The summed E-state index contributed by atoms with van der Waals surface area (Å²) in [4.78, 5) is 4.27. The molecule has 2 aromatic carbocycles. The first-order valence-corrected chi connectivity index (χ1v) is 6.69. The van der Waals surface area contributed by atoms with Crippen LogP contribution in [0.3, 0.4) is 0 Å². The van der Waals surface area contributed by atoms with E-state index in [4.69, 9.17) is 5.73 Å². The summed E-state index contributed by atoms with van der Waals surface area (Å²) < 4.78 is 27.0. The third-order valence-electron chi connectivity index (χ3n) is 3.55. The first-order valence-electron chi connectivity index (χ1n) is 6.69. The number of hydrogen-bond donors (Lipinski definition) is 1. The lowest BCUT2D eigenvalue weighted by Crippen LogP contribution is -2.15. The van der Waals surface area contributed by atoms with Crippen molar-refractivity contribution >= 4 is 10.9 Å². The maximum Gasteiger partial charge on any atom is 0.162 e. The molecule has 0 radical (unpaired) electrons. The molecule has 0 aliphatic carbocycles. The van der Waals surface area contributed by atoms with Crippen LogP contribution in [0.1, 0.15) is 17.2 Å². The SMILES string of the molecule is NC(Cc1cccc(F)c1F)c1cccc2ncccc12. The van der Waals surface area contributed by atoms with Gasteiger partial charge < -0.3 is 5.73 Å². The summed E-state index contributed by atoms with van der Waals surface area (Å²) >= 11 is 0. The van der Waals surface area contributed by atoms with E-state index in [-0.39, 0.29) is 12.0 Å². The van der Waals surface area contributed by atoms with E-state index in [1.54, 1.807) is 12.3 Å². The Morgan fingerprint density at radius 1 is 1.00 bits per heavy atom. The zero-order valence-electron chi connectivity index (χ0n) is 11.3. The lowest BCUT2D eigenvalue weighted by atomic mass is 9.96. The molecule has 0 amide bonds. The van der Waals surface area contributed by atoms with Crippen LogP contribution in [0.4, 0.5) is 8.78 Å². The van der Waals surface area contributed by atoms with Gasteiger partial charge in [-0.15, -0.1) is 0 Å². The van der Waals surface area contributed by atoms with Gasteiger partial charge >= 0.3 is 0 Å². The van der Waals surface area contributed by atoms with Gasteiger partial charge in [-0.2, -0.15) is 0 Å². The van der Waals surface area contributed by atoms with Gasteiger partial charge in [0.15, 0.2) is 11.6 Å². The van der Waals surface area contributed by atoms with E-state index >= 15 is 0 Å². The van der Waals surface area contributed by atoms with E-state index < -0.39 is 17.7 Å². The Kier molecular flexibility index (Phi) is 3.62. The Labute approximate surface area is 121 Å². The van der Waals surface area contributed by atoms with E-state index in [0.29, 0.717) is 0 Å². The number of aromatic nitrogens is 1. The summed E-state index contributed by atoms with van der Waals surface area (Å²) in [5.74, 6) is -1.68. The first-order chi connectivity index (χ1) is 10.2. The van der Waals surface area contributed by atoms with Crippen molar-refractivity contribution < 1.29 is 8.78 Å². The summed E-state index contributed by atoms with van der Waals surface area (Å²) in [6.45, 7) is 0. The van der Waals surface area contributed by atoms with Gasteiger partial charge in [-0.05, 0) is 35.7 Å². The van der Waals surface area contributed by atoms with E-state index in [2.05, 4.69) is 4.98 Å². The fourth-order valence-electron chi connectivity index (χ4n) is 2.50. The van der Waals surface area contributed by atoms with E-state index in [0.717, 1.165) is 22.5 Å². The van der Waals surface area contributed by atoms with Crippen molar-refractivity contribution in [2.75, 3.05) is 0 Å². The lowest BCUT2D eigenvalue weighted by Gasteiger charge is -2.15. The second-order valence-corrected chi connectivity index (χ2v) is 4.94. The highest BCUT2D eigenvalue weighted by molar-refractivity contribution is 5.82. The maximum atomic E-state index is 13.7. The van der Waals surface area contributed by atoms with Gasteiger partial charge in [0, 0.05) is 17.6 Å². The van der Waals surface area contributed by atoms with Crippen molar-refractivity contribution in [2.45, 2.75) is 12.5 Å². The highest BCUT2D eigenvalue weighted by atomic mass is 19.2. The maximum absolute atomic E-state index is 13.7. The van der Waals surface area contributed by atoms with Gasteiger partial charge in [-0.1, -0.05) is 30.3 Å². The highest BCUT2D eigenvalue weighted by Gasteiger charge is 2.15. The summed E-state index contributed by atoms with van der Waals surface area (Å²) in [6.07, 6.45) is 1.95. The van der Waals surface area contributed by atoms with Crippen molar-refractivity contribution in [1.29, 1.82) is 0 Å². The molecule has 3 rings (SSSR count). The molecule has 1 heterocycles. The molecule has 0 bridgehead atoms. The number of fused-ring (bicyclic) bond motifs is 1. The average molecular weight is 284 g/mol. The molecule has 0 aliphatic heterocycles. The zero-order chi connectivity index (χ0) is 14.8. The minimum Gasteiger partial charge on any atom is -0.324 e. The minimum absolute atomic E-state index is 0.234. The molecule has 106 valence electrons. The summed E-state index contributed by atoms with van der Waals surface area (Å²) in [6, 6.07) is 13.2. The molecule has 0 saturated heterocycles. The number of benzene rings is 2. The van der Waals surface area contributed by atoms with Crippen LogP contribution in [0, 0.1) is 11.6 Å². The van der Waals surface area contributed by atoms with Crippen LogP contribution in [0.5, 0.6) is 0 Å². The molecule has 2 N–H and O–H groups in total. The summed E-state index contributed by atoms with van der Waals surface area (Å²) in [5, 5.41) is 0.935. The zero-order valence-corrected chi connectivity index (χ0v) is 11.3. The number of nitrogens with two attached hydrogens (primary N) is 1. The molecule has 4 heteroatoms. The molecule has 3 aromatic rings. The normalized spacial score (nSPS) is 12.5. The van der Waals surface area contributed by atoms with Crippen molar-refractivity contribution in [3.05, 3.63) is 77.5 Å². The van der Waals surface area contributed by atoms with Crippen LogP contribution in [0.2, 0.25) is 0 Å². The number of rotatable bonds is 3. The highest BCUT2D eigenvalue weighted by Crippen LogP contribution is 2.25. The third kappa shape index (κ3) is 2.62. The average Bonchev–Trinajstić information content (AvgIpc) is 2.51. The summed E-state index contributed by atoms with van der Waals surface area (Å²) in [5.41, 5.74) is 8.19.